The molecule has 0 atom stereocenters. The van der Waals surface area contributed by atoms with Gasteiger partial charge in [-0.05, 0) is 37.8 Å². The largest absolute Gasteiger partial charge is 0.325 e. The molecule has 18 heavy (non-hydrogen) atoms. The molecule has 0 spiro atoms. The van der Waals surface area contributed by atoms with Crippen molar-refractivity contribution >= 4 is 9.84 Å². The number of unbranched alkanes of at least 4 members (excludes halogenated alkanes) is 1. The summed E-state index contributed by atoms with van der Waals surface area (Å²) in [6.07, 6.45) is 2.82. The minimum Gasteiger partial charge on any atom is -0.325 e. The molecule has 1 aromatic heterocycles. The lowest BCUT2D eigenvalue weighted by Crippen LogP contribution is -2.23. The third-order valence-corrected chi connectivity index (χ3v) is 5.10. The van der Waals surface area contributed by atoms with E-state index in [4.69, 9.17) is 0 Å². The van der Waals surface area contributed by atoms with Gasteiger partial charge in [0.25, 0.3) is 5.56 Å². The van der Waals surface area contributed by atoms with Gasteiger partial charge in [-0.1, -0.05) is 20.3 Å². The Labute approximate surface area is 108 Å². The Morgan fingerprint density at radius 3 is 2.28 bits per heavy atom. The van der Waals surface area contributed by atoms with Crippen LogP contribution in [0.5, 0.6) is 0 Å². The third kappa shape index (κ3) is 2.83. The van der Waals surface area contributed by atoms with Crippen LogP contribution >= 0.6 is 0 Å². The Bertz CT molecular complexity index is 585. The fourth-order valence-electron chi connectivity index (χ4n) is 2.14. The summed E-state index contributed by atoms with van der Waals surface area (Å²) < 4.78 is 23.9. The van der Waals surface area contributed by atoms with Crippen LogP contribution in [0.3, 0.4) is 0 Å². The minimum absolute atomic E-state index is 0.0484. The number of sulfone groups is 1. The lowest BCUT2D eigenvalue weighted by Gasteiger charge is -2.13. The number of hydrogen-bond acceptors (Lipinski definition) is 3. The van der Waals surface area contributed by atoms with Gasteiger partial charge in [-0.2, -0.15) is 0 Å². The van der Waals surface area contributed by atoms with E-state index in [1.807, 2.05) is 6.92 Å². The SMILES string of the molecule is CCCCc1c(C)[nH]c(=O)c(S(=O)(=O)CC)c1C. The van der Waals surface area contributed by atoms with Gasteiger partial charge in [-0.25, -0.2) is 8.42 Å². The summed E-state index contributed by atoms with van der Waals surface area (Å²) in [6, 6.07) is 0. The first-order chi connectivity index (χ1) is 8.35. The van der Waals surface area contributed by atoms with E-state index in [1.54, 1.807) is 13.8 Å². The maximum absolute atomic E-state index is 12.0. The summed E-state index contributed by atoms with van der Waals surface area (Å²) in [6.45, 7) is 7.19. The number of nitrogens with one attached hydrogen (secondary N) is 1. The zero-order valence-electron chi connectivity index (χ0n) is 11.5. The first-order valence-corrected chi connectivity index (χ1v) is 7.95. The number of rotatable bonds is 5. The summed E-state index contributed by atoms with van der Waals surface area (Å²) in [5.74, 6) is -0.0484. The van der Waals surface area contributed by atoms with Crippen molar-refractivity contribution in [1.82, 2.24) is 4.98 Å². The van der Waals surface area contributed by atoms with Crippen LogP contribution in [-0.2, 0) is 16.3 Å². The van der Waals surface area contributed by atoms with Gasteiger partial charge in [0.2, 0.25) is 0 Å². The number of H-pyrrole nitrogens is 1. The van der Waals surface area contributed by atoms with Crippen molar-refractivity contribution in [3.63, 3.8) is 0 Å². The number of hydrogen-bond donors (Lipinski definition) is 1. The standard InChI is InChI=1S/C13H21NO3S/c1-5-7-8-11-9(3)12(18(16,17)6-2)13(15)14-10(11)4/h5-8H2,1-4H3,(H,14,15). The number of aryl methyl sites for hydroxylation is 1. The van der Waals surface area contributed by atoms with Crippen LogP contribution in [0.2, 0.25) is 0 Å². The van der Waals surface area contributed by atoms with Crippen LogP contribution < -0.4 is 5.56 Å². The van der Waals surface area contributed by atoms with Crippen molar-refractivity contribution in [2.24, 2.45) is 0 Å². The summed E-state index contributed by atoms with van der Waals surface area (Å²) in [4.78, 5) is 14.5. The van der Waals surface area contributed by atoms with Crippen molar-refractivity contribution in [2.45, 2.75) is 51.9 Å². The number of aromatic nitrogens is 1. The van der Waals surface area contributed by atoms with Gasteiger partial charge in [0.1, 0.15) is 4.90 Å². The molecule has 102 valence electrons. The highest BCUT2D eigenvalue weighted by atomic mass is 32.2. The molecule has 0 radical (unpaired) electrons. The van der Waals surface area contributed by atoms with Gasteiger partial charge in [0, 0.05) is 5.69 Å². The van der Waals surface area contributed by atoms with E-state index in [1.165, 1.54) is 0 Å². The maximum Gasteiger partial charge on any atom is 0.267 e. The van der Waals surface area contributed by atoms with Crippen LogP contribution in [0.25, 0.3) is 0 Å². The Hall–Kier alpha value is -1.10. The molecule has 0 unspecified atom stereocenters. The van der Waals surface area contributed by atoms with Gasteiger partial charge >= 0.3 is 0 Å². The Kier molecular flexibility index (Phi) is 4.73. The molecule has 1 N–H and O–H groups in total. The van der Waals surface area contributed by atoms with Gasteiger partial charge in [0.15, 0.2) is 9.84 Å². The first-order valence-electron chi connectivity index (χ1n) is 6.30. The molecule has 1 heterocycles. The van der Waals surface area contributed by atoms with Crippen LogP contribution in [0, 0.1) is 13.8 Å². The lowest BCUT2D eigenvalue weighted by molar-refractivity contribution is 0.594. The smallest absolute Gasteiger partial charge is 0.267 e. The molecule has 0 saturated heterocycles. The summed E-state index contributed by atoms with van der Waals surface area (Å²) in [5, 5.41) is 0. The number of aromatic amines is 1. The molecule has 0 amide bonds. The zero-order valence-corrected chi connectivity index (χ0v) is 12.3. The van der Waals surface area contributed by atoms with E-state index in [-0.39, 0.29) is 10.6 Å². The van der Waals surface area contributed by atoms with E-state index in [9.17, 15) is 13.2 Å². The van der Waals surface area contributed by atoms with Crippen molar-refractivity contribution in [3.8, 4) is 0 Å². The molecule has 0 aromatic carbocycles. The third-order valence-electron chi connectivity index (χ3n) is 3.22. The van der Waals surface area contributed by atoms with E-state index in [0.717, 1.165) is 30.5 Å². The molecule has 0 fully saturated rings. The number of pyridine rings is 1. The van der Waals surface area contributed by atoms with Crippen LogP contribution in [0.1, 0.15) is 43.5 Å². The second-order valence-corrected chi connectivity index (χ2v) is 6.73. The maximum atomic E-state index is 12.0. The molecule has 1 rings (SSSR count). The Morgan fingerprint density at radius 1 is 1.17 bits per heavy atom. The minimum atomic E-state index is -3.47. The molecule has 0 aliphatic carbocycles. The molecular weight excluding hydrogens is 250 g/mol. The molecule has 0 aliphatic heterocycles. The molecule has 0 saturated carbocycles. The highest BCUT2D eigenvalue weighted by Crippen LogP contribution is 2.20. The summed E-state index contributed by atoms with van der Waals surface area (Å²) in [7, 11) is -3.47. The fourth-order valence-corrected chi connectivity index (χ4v) is 3.35. The Morgan fingerprint density at radius 2 is 1.78 bits per heavy atom. The molecule has 4 nitrogen and oxygen atoms in total. The monoisotopic (exact) mass is 271 g/mol. The predicted molar refractivity (Wildman–Crippen MR) is 72.9 cm³/mol. The first kappa shape index (κ1) is 15.0. The molecule has 0 bridgehead atoms. The van der Waals surface area contributed by atoms with Crippen LogP contribution in [0.15, 0.2) is 9.69 Å². The molecule has 5 heteroatoms. The van der Waals surface area contributed by atoms with Crippen LogP contribution in [0.4, 0.5) is 0 Å². The zero-order chi connectivity index (χ0) is 13.9. The van der Waals surface area contributed by atoms with Crippen molar-refractivity contribution in [3.05, 3.63) is 27.2 Å². The van der Waals surface area contributed by atoms with Crippen molar-refractivity contribution in [2.75, 3.05) is 5.75 Å². The van der Waals surface area contributed by atoms with E-state index in [0.29, 0.717) is 5.56 Å². The van der Waals surface area contributed by atoms with Gasteiger partial charge in [0.05, 0.1) is 5.75 Å². The quantitative estimate of drug-likeness (QED) is 0.892. The summed E-state index contributed by atoms with van der Waals surface area (Å²) in [5.41, 5.74) is 1.86. The second kappa shape index (κ2) is 5.69. The topological polar surface area (TPSA) is 67.0 Å². The second-order valence-electron chi connectivity index (χ2n) is 4.52. The fraction of sp³-hybridized carbons (Fsp3) is 0.615. The predicted octanol–water partition coefficient (Wildman–Crippen LogP) is 2.13. The molecule has 0 aliphatic rings. The highest BCUT2D eigenvalue weighted by Gasteiger charge is 2.22. The summed E-state index contributed by atoms with van der Waals surface area (Å²) >= 11 is 0. The Balaban J connectivity index is 3.50. The molecular formula is C13H21NO3S. The lowest BCUT2D eigenvalue weighted by atomic mass is 10.0. The van der Waals surface area contributed by atoms with E-state index in [2.05, 4.69) is 11.9 Å². The average molecular weight is 271 g/mol. The van der Waals surface area contributed by atoms with Gasteiger partial charge in [-0.3, -0.25) is 4.79 Å². The average Bonchev–Trinajstić information content (AvgIpc) is 2.28. The van der Waals surface area contributed by atoms with Gasteiger partial charge < -0.3 is 4.98 Å². The van der Waals surface area contributed by atoms with Crippen molar-refractivity contribution < 1.29 is 8.42 Å². The van der Waals surface area contributed by atoms with Crippen LogP contribution in [-0.4, -0.2) is 19.2 Å². The van der Waals surface area contributed by atoms with E-state index >= 15 is 0 Å². The van der Waals surface area contributed by atoms with Crippen molar-refractivity contribution in [1.29, 1.82) is 0 Å². The normalized spacial score (nSPS) is 11.8. The molecule has 1 aromatic rings. The van der Waals surface area contributed by atoms with E-state index < -0.39 is 15.4 Å². The highest BCUT2D eigenvalue weighted by molar-refractivity contribution is 7.91. The van der Waals surface area contributed by atoms with Gasteiger partial charge in [-0.15, -0.1) is 0 Å².